The Kier molecular flexibility index (Phi) is 3.46. The molecule has 0 amide bonds. The fraction of sp³-hybridized carbons (Fsp3) is 0.250. The summed E-state index contributed by atoms with van der Waals surface area (Å²) >= 11 is 0. The van der Waals surface area contributed by atoms with E-state index in [-0.39, 0.29) is 6.07 Å². The number of hydrogen-bond acceptors (Lipinski definition) is 2. The van der Waals surface area contributed by atoms with E-state index in [1.807, 2.05) is 0 Å². The molecule has 0 aliphatic heterocycles. The fourth-order valence-electron chi connectivity index (χ4n) is 1.80. The molecule has 1 N–H and O–H groups in total. The van der Waals surface area contributed by atoms with Gasteiger partial charge in [-0.3, -0.25) is 4.68 Å². The maximum absolute atomic E-state index is 13.5. The van der Waals surface area contributed by atoms with Gasteiger partial charge in [0.25, 0.3) is 0 Å². The molecule has 0 aliphatic rings. The van der Waals surface area contributed by atoms with Crippen LogP contribution in [-0.4, -0.2) is 9.78 Å². The van der Waals surface area contributed by atoms with Gasteiger partial charge in [0.2, 0.25) is 0 Å². The molecule has 1 unspecified atom stereocenters. The summed E-state index contributed by atoms with van der Waals surface area (Å²) in [5.41, 5.74) is -0.213. The van der Waals surface area contributed by atoms with E-state index in [4.69, 9.17) is 0 Å². The third kappa shape index (κ3) is 2.40. The van der Waals surface area contributed by atoms with Crippen molar-refractivity contribution >= 4 is 5.69 Å². The van der Waals surface area contributed by atoms with Crippen molar-refractivity contribution in [3.63, 3.8) is 0 Å². The molecule has 0 aliphatic carbocycles. The number of aryl methyl sites for hydroxylation is 1. The zero-order valence-electron chi connectivity index (χ0n) is 10.2. The molecule has 19 heavy (non-hydrogen) atoms. The molecule has 1 atom stereocenters. The van der Waals surface area contributed by atoms with Crippen LogP contribution in [0.1, 0.15) is 18.7 Å². The van der Waals surface area contributed by atoms with Crippen LogP contribution in [0.2, 0.25) is 0 Å². The Morgan fingerprint density at radius 3 is 2.21 bits per heavy atom. The molecule has 0 fully saturated rings. The summed E-state index contributed by atoms with van der Waals surface area (Å²) in [6.45, 7) is 1.60. The van der Waals surface area contributed by atoms with Gasteiger partial charge in [0, 0.05) is 19.3 Å². The number of aromatic nitrogens is 2. The first-order valence-corrected chi connectivity index (χ1v) is 5.49. The predicted molar refractivity (Wildman–Crippen MR) is 61.5 cm³/mol. The van der Waals surface area contributed by atoms with Gasteiger partial charge in [-0.2, -0.15) is 5.10 Å². The van der Waals surface area contributed by atoms with Crippen molar-refractivity contribution < 1.29 is 17.6 Å². The molecule has 0 bridgehead atoms. The van der Waals surface area contributed by atoms with E-state index >= 15 is 0 Å². The van der Waals surface area contributed by atoms with E-state index in [9.17, 15) is 17.6 Å². The molecular formula is C12H11F4N3. The van der Waals surface area contributed by atoms with Crippen LogP contribution < -0.4 is 5.32 Å². The highest BCUT2D eigenvalue weighted by atomic mass is 19.2. The molecule has 0 saturated heterocycles. The van der Waals surface area contributed by atoms with Crippen LogP contribution >= 0.6 is 0 Å². The summed E-state index contributed by atoms with van der Waals surface area (Å²) in [4.78, 5) is 0. The Balaban J connectivity index is 2.37. The van der Waals surface area contributed by atoms with Crippen molar-refractivity contribution in [2.75, 3.05) is 5.32 Å². The van der Waals surface area contributed by atoms with Crippen LogP contribution in [0.4, 0.5) is 23.2 Å². The van der Waals surface area contributed by atoms with Gasteiger partial charge in [-0.05, 0) is 13.0 Å². The minimum Gasteiger partial charge on any atom is -0.372 e. The van der Waals surface area contributed by atoms with Crippen molar-refractivity contribution in [1.29, 1.82) is 0 Å². The van der Waals surface area contributed by atoms with E-state index < -0.39 is 35.0 Å². The standard InChI is InChI=1S/C12H11F4N3/c1-6(9-3-4-17-19(9)2)18-12-10(15)7(13)5-8(14)11(12)16/h3-6,18H,1-2H3. The molecular weight excluding hydrogens is 262 g/mol. The number of hydrogen-bond donors (Lipinski definition) is 1. The summed E-state index contributed by atoms with van der Waals surface area (Å²) in [5, 5.41) is 6.31. The highest BCUT2D eigenvalue weighted by Crippen LogP contribution is 2.27. The maximum atomic E-state index is 13.5. The number of rotatable bonds is 3. The van der Waals surface area contributed by atoms with Crippen LogP contribution in [0.25, 0.3) is 0 Å². The first-order chi connectivity index (χ1) is 8.91. The van der Waals surface area contributed by atoms with Gasteiger partial charge in [-0.25, -0.2) is 17.6 Å². The van der Waals surface area contributed by atoms with Gasteiger partial charge in [0.1, 0.15) is 5.69 Å². The van der Waals surface area contributed by atoms with Gasteiger partial charge in [-0.15, -0.1) is 0 Å². The highest BCUT2D eigenvalue weighted by molar-refractivity contribution is 5.48. The van der Waals surface area contributed by atoms with E-state index in [1.54, 1.807) is 20.0 Å². The van der Waals surface area contributed by atoms with Crippen molar-refractivity contribution in [1.82, 2.24) is 9.78 Å². The molecule has 7 heteroatoms. The molecule has 0 saturated carbocycles. The quantitative estimate of drug-likeness (QED) is 0.687. The van der Waals surface area contributed by atoms with E-state index in [0.29, 0.717) is 5.69 Å². The van der Waals surface area contributed by atoms with Crippen molar-refractivity contribution in [2.45, 2.75) is 13.0 Å². The molecule has 2 aromatic rings. The molecule has 1 aromatic heterocycles. The summed E-state index contributed by atoms with van der Waals surface area (Å²) in [6, 6.07) is 1.23. The van der Waals surface area contributed by atoms with Gasteiger partial charge in [0.05, 0.1) is 11.7 Å². The normalized spacial score (nSPS) is 12.5. The summed E-state index contributed by atoms with van der Waals surface area (Å²) in [7, 11) is 1.65. The minimum absolute atomic E-state index is 0.171. The Morgan fingerprint density at radius 2 is 1.74 bits per heavy atom. The number of anilines is 1. The topological polar surface area (TPSA) is 29.9 Å². The van der Waals surface area contributed by atoms with E-state index in [1.165, 1.54) is 10.9 Å². The second-order valence-corrected chi connectivity index (χ2v) is 4.09. The zero-order chi connectivity index (χ0) is 14.2. The van der Waals surface area contributed by atoms with Gasteiger partial charge < -0.3 is 5.32 Å². The molecule has 1 aromatic carbocycles. The number of nitrogens with one attached hydrogen (secondary N) is 1. The van der Waals surface area contributed by atoms with Crippen molar-refractivity contribution in [2.24, 2.45) is 7.05 Å². The largest absolute Gasteiger partial charge is 0.372 e. The number of nitrogens with zero attached hydrogens (tertiary/aromatic N) is 2. The second-order valence-electron chi connectivity index (χ2n) is 4.09. The van der Waals surface area contributed by atoms with Crippen LogP contribution in [0.5, 0.6) is 0 Å². The lowest BCUT2D eigenvalue weighted by atomic mass is 10.2. The first-order valence-electron chi connectivity index (χ1n) is 5.49. The van der Waals surface area contributed by atoms with Crippen LogP contribution in [0.3, 0.4) is 0 Å². The zero-order valence-corrected chi connectivity index (χ0v) is 10.2. The van der Waals surface area contributed by atoms with Gasteiger partial charge >= 0.3 is 0 Å². The molecule has 102 valence electrons. The van der Waals surface area contributed by atoms with E-state index in [0.717, 1.165) is 0 Å². The van der Waals surface area contributed by atoms with Crippen molar-refractivity contribution in [3.05, 3.63) is 47.3 Å². The second kappa shape index (κ2) is 4.91. The first kappa shape index (κ1) is 13.4. The van der Waals surface area contributed by atoms with Gasteiger partial charge in [-0.1, -0.05) is 0 Å². The lowest BCUT2D eigenvalue weighted by molar-refractivity contribution is 0.456. The summed E-state index contributed by atoms with van der Waals surface area (Å²) in [6.07, 6.45) is 1.51. The van der Waals surface area contributed by atoms with E-state index in [2.05, 4.69) is 10.4 Å². The van der Waals surface area contributed by atoms with Crippen molar-refractivity contribution in [3.8, 4) is 0 Å². The molecule has 0 spiro atoms. The SMILES string of the molecule is CC(Nc1c(F)c(F)cc(F)c1F)c1ccnn1C. The molecule has 3 nitrogen and oxygen atoms in total. The average Bonchev–Trinajstić information content (AvgIpc) is 2.78. The van der Waals surface area contributed by atoms with Crippen LogP contribution in [-0.2, 0) is 7.05 Å². The third-order valence-corrected chi connectivity index (χ3v) is 2.78. The predicted octanol–water partition coefficient (Wildman–Crippen LogP) is 3.15. The summed E-state index contributed by atoms with van der Waals surface area (Å²) in [5.74, 6) is -5.79. The maximum Gasteiger partial charge on any atom is 0.185 e. The van der Waals surface area contributed by atoms with Crippen LogP contribution in [0, 0.1) is 23.3 Å². The average molecular weight is 273 g/mol. The Morgan fingerprint density at radius 1 is 1.16 bits per heavy atom. The van der Waals surface area contributed by atoms with Crippen LogP contribution in [0.15, 0.2) is 18.3 Å². The molecule has 1 heterocycles. The lowest BCUT2D eigenvalue weighted by Crippen LogP contribution is -2.14. The highest BCUT2D eigenvalue weighted by Gasteiger charge is 2.21. The fourth-order valence-corrected chi connectivity index (χ4v) is 1.80. The van der Waals surface area contributed by atoms with Gasteiger partial charge in [0.15, 0.2) is 23.3 Å². The number of halogens is 4. The molecule has 0 radical (unpaired) electrons. The Hall–Kier alpha value is -2.05. The number of benzene rings is 1. The third-order valence-electron chi connectivity index (χ3n) is 2.78. The molecule has 2 rings (SSSR count). The smallest absolute Gasteiger partial charge is 0.185 e. The minimum atomic E-state index is -1.45. The lowest BCUT2D eigenvalue weighted by Gasteiger charge is -2.17. The monoisotopic (exact) mass is 273 g/mol. The Bertz CT molecular complexity index is 583. The summed E-state index contributed by atoms with van der Waals surface area (Å²) < 4.78 is 54.6. The Labute approximate surface area is 106 Å².